The van der Waals surface area contributed by atoms with Crippen LogP contribution in [0.15, 0.2) is 17.3 Å². The molecule has 1 aliphatic rings. The molecule has 0 amide bonds. The van der Waals surface area contributed by atoms with Crippen LogP contribution in [-0.2, 0) is 23.7 Å². The highest BCUT2D eigenvalue weighted by molar-refractivity contribution is 7.98. The number of benzene rings is 1. The number of ether oxygens (including phenoxy) is 2. The lowest BCUT2D eigenvalue weighted by molar-refractivity contribution is -0.0168. The number of nitrogens with two attached hydrogens (primary N) is 1. The van der Waals surface area contributed by atoms with Crippen LogP contribution in [0.4, 0.5) is 0 Å². The first-order chi connectivity index (χ1) is 10.2. The number of aliphatic hydroxyl groups excluding tert-OH is 1. The molecule has 1 aromatic heterocycles. The Hall–Kier alpha value is -1.48. The van der Waals surface area contributed by atoms with Crippen LogP contribution in [0, 0.1) is 0 Å². The Morgan fingerprint density at radius 2 is 2.29 bits per heavy atom. The second-order valence-corrected chi connectivity index (χ2v) is 5.76. The molecule has 0 bridgehead atoms. The van der Waals surface area contributed by atoms with Crippen LogP contribution in [0.1, 0.15) is 17.0 Å². The summed E-state index contributed by atoms with van der Waals surface area (Å²) in [5.74, 6) is 7.46. The van der Waals surface area contributed by atoms with Gasteiger partial charge in [0.2, 0.25) is 5.16 Å². The van der Waals surface area contributed by atoms with Crippen LogP contribution in [0.5, 0.6) is 5.75 Å². The Kier molecular flexibility index (Phi) is 4.20. The van der Waals surface area contributed by atoms with E-state index >= 15 is 0 Å². The smallest absolute Gasteiger partial charge is 0.210 e. The van der Waals surface area contributed by atoms with E-state index < -0.39 is 0 Å². The average molecular weight is 329 g/mol. The Morgan fingerprint density at radius 1 is 1.43 bits per heavy atom. The third kappa shape index (κ3) is 2.93. The zero-order chi connectivity index (χ0) is 14.8. The Balaban J connectivity index is 1.81. The van der Waals surface area contributed by atoms with Crippen molar-refractivity contribution >= 4 is 23.4 Å². The topological polar surface area (TPSA) is 95.4 Å². The van der Waals surface area contributed by atoms with Gasteiger partial charge in [-0.05, 0) is 12.1 Å². The fourth-order valence-electron chi connectivity index (χ4n) is 2.02. The van der Waals surface area contributed by atoms with Gasteiger partial charge in [0, 0.05) is 21.9 Å². The summed E-state index contributed by atoms with van der Waals surface area (Å²) in [6.45, 7) is 0.459. The maximum atomic E-state index is 9.05. The minimum atomic E-state index is -0.253. The van der Waals surface area contributed by atoms with Crippen molar-refractivity contribution in [2.24, 2.45) is 0 Å². The maximum Gasteiger partial charge on any atom is 0.210 e. The van der Waals surface area contributed by atoms with Gasteiger partial charge in [-0.3, -0.25) is 0 Å². The van der Waals surface area contributed by atoms with Gasteiger partial charge in [-0.25, -0.2) is 4.68 Å². The highest BCUT2D eigenvalue weighted by Gasteiger charge is 2.18. The molecular formula is C12H13ClN4O3S. The molecule has 112 valence electrons. The van der Waals surface area contributed by atoms with Crippen LogP contribution in [0.25, 0.3) is 0 Å². The summed E-state index contributed by atoms with van der Waals surface area (Å²) in [6.07, 6.45) is 0. The van der Waals surface area contributed by atoms with E-state index in [1.165, 1.54) is 16.4 Å². The van der Waals surface area contributed by atoms with Crippen molar-refractivity contribution in [3.05, 3.63) is 34.1 Å². The molecule has 9 heteroatoms. The van der Waals surface area contributed by atoms with Gasteiger partial charge >= 0.3 is 0 Å². The summed E-state index contributed by atoms with van der Waals surface area (Å²) >= 11 is 7.50. The third-order valence-corrected chi connectivity index (χ3v) is 4.20. The van der Waals surface area contributed by atoms with Gasteiger partial charge in [-0.2, -0.15) is 0 Å². The van der Waals surface area contributed by atoms with Crippen LogP contribution in [0.3, 0.4) is 0 Å². The predicted octanol–water partition coefficient (Wildman–Crippen LogP) is 1.30. The number of fused-ring (bicyclic) bond motifs is 1. The number of thioether (sulfide) groups is 1. The second-order valence-electron chi connectivity index (χ2n) is 4.38. The molecule has 0 fully saturated rings. The van der Waals surface area contributed by atoms with E-state index in [4.69, 9.17) is 32.0 Å². The molecule has 1 aliphatic heterocycles. The quantitative estimate of drug-likeness (QED) is 0.645. The lowest BCUT2D eigenvalue weighted by Gasteiger charge is -2.20. The molecule has 3 N–H and O–H groups in total. The highest BCUT2D eigenvalue weighted by atomic mass is 35.5. The van der Waals surface area contributed by atoms with E-state index in [9.17, 15) is 0 Å². The number of nitrogens with zero attached hydrogens (tertiary/aromatic N) is 3. The summed E-state index contributed by atoms with van der Waals surface area (Å²) in [4.78, 5) is 0. The van der Waals surface area contributed by atoms with E-state index in [1.54, 1.807) is 0 Å². The Labute approximate surface area is 130 Å². The van der Waals surface area contributed by atoms with Gasteiger partial charge < -0.3 is 20.4 Å². The minimum Gasteiger partial charge on any atom is -0.467 e. The van der Waals surface area contributed by atoms with Crippen LogP contribution in [0.2, 0.25) is 5.02 Å². The van der Waals surface area contributed by atoms with E-state index in [1.807, 2.05) is 12.1 Å². The molecule has 3 rings (SSSR count). The number of hydrogen-bond acceptors (Lipinski definition) is 7. The van der Waals surface area contributed by atoms with Crippen molar-refractivity contribution in [3.63, 3.8) is 0 Å². The molecule has 0 radical (unpaired) electrons. The number of nitrogen functional groups attached to an aromatic ring is 1. The van der Waals surface area contributed by atoms with Crippen molar-refractivity contribution in [1.29, 1.82) is 0 Å². The van der Waals surface area contributed by atoms with Gasteiger partial charge in [-0.15, -0.1) is 10.2 Å². The summed E-state index contributed by atoms with van der Waals surface area (Å²) in [5, 5.41) is 17.9. The van der Waals surface area contributed by atoms with Gasteiger partial charge in [0.25, 0.3) is 0 Å². The number of rotatable bonds is 4. The molecule has 0 spiro atoms. The van der Waals surface area contributed by atoms with Crippen LogP contribution in [-0.4, -0.2) is 26.8 Å². The first-order valence-corrected chi connectivity index (χ1v) is 7.50. The Bertz CT molecular complexity index is 664. The minimum absolute atomic E-state index is 0.230. The van der Waals surface area contributed by atoms with Crippen molar-refractivity contribution in [3.8, 4) is 5.75 Å². The van der Waals surface area contributed by atoms with Crippen LogP contribution >= 0.6 is 23.4 Å². The molecule has 0 aliphatic carbocycles. The molecule has 0 saturated carbocycles. The van der Waals surface area contributed by atoms with Gasteiger partial charge in [0.15, 0.2) is 12.6 Å². The standard InChI is InChI=1S/C12H13ClN4O3S/c13-9-1-7-4-19-6-20-11(7)8(2-9)5-21-12-16-15-10(3-18)17(12)14/h1-2,18H,3-6,14H2. The normalized spacial score (nSPS) is 13.8. The number of aromatic nitrogens is 3. The fourth-order valence-corrected chi connectivity index (χ4v) is 3.13. The largest absolute Gasteiger partial charge is 0.467 e. The maximum absolute atomic E-state index is 9.05. The number of halogens is 1. The fraction of sp³-hybridized carbons (Fsp3) is 0.333. The van der Waals surface area contributed by atoms with E-state index in [2.05, 4.69) is 10.2 Å². The first kappa shape index (κ1) is 14.5. The molecule has 2 aromatic rings. The summed E-state index contributed by atoms with van der Waals surface area (Å²) in [5.41, 5.74) is 1.87. The monoisotopic (exact) mass is 328 g/mol. The number of hydrogen-bond donors (Lipinski definition) is 2. The second kappa shape index (κ2) is 6.10. The van der Waals surface area contributed by atoms with Gasteiger partial charge in [0.05, 0.1) is 6.61 Å². The molecule has 2 heterocycles. The zero-order valence-electron chi connectivity index (χ0n) is 11.0. The van der Waals surface area contributed by atoms with Crippen molar-refractivity contribution in [2.45, 2.75) is 24.1 Å². The predicted molar refractivity (Wildman–Crippen MR) is 77.4 cm³/mol. The summed E-state index contributed by atoms with van der Waals surface area (Å²) in [7, 11) is 0. The molecule has 1 aromatic carbocycles. The molecular weight excluding hydrogens is 316 g/mol. The van der Waals surface area contributed by atoms with E-state index in [-0.39, 0.29) is 13.4 Å². The Morgan fingerprint density at radius 3 is 3.05 bits per heavy atom. The third-order valence-electron chi connectivity index (χ3n) is 2.99. The first-order valence-electron chi connectivity index (χ1n) is 6.14. The molecule has 21 heavy (non-hydrogen) atoms. The molecule has 0 atom stereocenters. The van der Waals surface area contributed by atoms with Gasteiger partial charge in [-0.1, -0.05) is 23.4 Å². The lowest BCUT2D eigenvalue weighted by Crippen LogP contribution is -2.14. The average Bonchev–Trinajstić information content (AvgIpc) is 2.85. The summed E-state index contributed by atoms with van der Waals surface area (Å²) in [6, 6.07) is 3.68. The lowest BCUT2D eigenvalue weighted by atomic mass is 10.1. The van der Waals surface area contributed by atoms with E-state index in [0.29, 0.717) is 28.4 Å². The molecule has 0 unspecified atom stereocenters. The highest BCUT2D eigenvalue weighted by Crippen LogP contribution is 2.35. The number of aliphatic hydroxyl groups is 1. The zero-order valence-corrected chi connectivity index (χ0v) is 12.5. The SMILES string of the molecule is Nn1c(CO)nnc1SCc1cc(Cl)cc2c1OCOC2. The van der Waals surface area contributed by atoms with Crippen molar-refractivity contribution in [1.82, 2.24) is 14.9 Å². The molecule has 7 nitrogen and oxygen atoms in total. The van der Waals surface area contributed by atoms with Crippen molar-refractivity contribution < 1.29 is 14.6 Å². The van der Waals surface area contributed by atoms with E-state index in [0.717, 1.165) is 16.9 Å². The van der Waals surface area contributed by atoms with Crippen LogP contribution < -0.4 is 10.6 Å². The summed E-state index contributed by atoms with van der Waals surface area (Å²) < 4.78 is 12.1. The van der Waals surface area contributed by atoms with Crippen molar-refractivity contribution in [2.75, 3.05) is 12.6 Å². The molecule has 0 saturated heterocycles. The van der Waals surface area contributed by atoms with Gasteiger partial charge in [0.1, 0.15) is 12.4 Å².